The lowest BCUT2D eigenvalue weighted by molar-refractivity contribution is -0.118. The summed E-state index contributed by atoms with van der Waals surface area (Å²) < 4.78 is 22.9. The van der Waals surface area contributed by atoms with Crippen molar-refractivity contribution in [2.24, 2.45) is 5.73 Å². The minimum absolute atomic E-state index is 0.0546. The first-order valence-electron chi connectivity index (χ1n) is 4.66. The number of hydrogen-bond acceptors (Lipinski definition) is 4. The Morgan fingerprint density at radius 2 is 2.14 bits per heavy atom. The molecule has 1 amide bonds. The molecule has 14 heavy (non-hydrogen) atoms. The topological polar surface area (TPSA) is 89.3 Å². The lowest BCUT2D eigenvalue weighted by Gasteiger charge is -2.09. The molecule has 5 nitrogen and oxygen atoms in total. The zero-order valence-corrected chi connectivity index (χ0v) is 9.01. The Morgan fingerprint density at radius 1 is 1.57 bits per heavy atom. The van der Waals surface area contributed by atoms with Crippen molar-refractivity contribution < 1.29 is 13.2 Å². The van der Waals surface area contributed by atoms with Crippen molar-refractivity contribution in [2.45, 2.75) is 31.1 Å². The molecule has 0 aromatic heterocycles. The second kappa shape index (κ2) is 4.27. The van der Waals surface area contributed by atoms with Gasteiger partial charge < -0.3 is 11.1 Å². The van der Waals surface area contributed by atoms with Gasteiger partial charge in [-0.15, -0.1) is 0 Å². The highest BCUT2D eigenvalue weighted by Gasteiger charge is 2.27. The normalized spacial score (nSPS) is 19.0. The maximum atomic E-state index is 11.4. The quantitative estimate of drug-likeness (QED) is 0.623. The molecule has 3 N–H and O–H groups in total. The van der Waals surface area contributed by atoms with Crippen LogP contribution in [-0.4, -0.2) is 37.9 Å². The standard InChI is InChI=1S/C8H16N2O3S/c1-6(4-9)14(12,13)5-8(11)10-7-2-3-7/h6-7H,2-5,9H2,1H3,(H,10,11). The minimum Gasteiger partial charge on any atom is -0.352 e. The van der Waals surface area contributed by atoms with Gasteiger partial charge in [-0.05, 0) is 19.8 Å². The number of sulfone groups is 1. The van der Waals surface area contributed by atoms with Crippen LogP contribution in [0.5, 0.6) is 0 Å². The van der Waals surface area contributed by atoms with Crippen molar-refractivity contribution in [1.29, 1.82) is 0 Å². The number of carbonyl (C=O) groups excluding carboxylic acids is 1. The van der Waals surface area contributed by atoms with E-state index in [9.17, 15) is 13.2 Å². The molecule has 6 heteroatoms. The van der Waals surface area contributed by atoms with Gasteiger partial charge in [-0.2, -0.15) is 0 Å². The maximum Gasteiger partial charge on any atom is 0.235 e. The van der Waals surface area contributed by atoms with Crippen molar-refractivity contribution >= 4 is 15.7 Å². The number of hydrogen-bond donors (Lipinski definition) is 2. The molecule has 1 saturated carbocycles. The lowest BCUT2D eigenvalue weighted by atomic mass is 10.5. The SMILES string of the molecule is CC(CN)S(=O)(=O)CC(=O)NC1CC1. The fourth-order valence-corrected chi connectivity index (χ4v) is 2.00. The Labute approximate surface area is 84.0 Å². The molecular formula is C8H16N2O3S. The molecule has 0 saturated heterocycles. The van der Waals surface area contributed by atoms with Crippen molar-refractivity contribution in [3.05, 3.63) is 0 Å². The first kappa shape index (κ1) is 11.5. The molecule has 0 radical (unpaired) electrons. The Morgan fingerprint density at radius 3 is 2.57 bits per heavy atom. The number of carbonyl (C=O) groups is 1. The van der Waals surface area contributed by atoms with Crippen LogP contribution in [0.4, 0.5) is 0 Å². The van der Waals surface area contributed by atoms with Crippen LogP contribution in [0.3, 0.4) is 0 Å². The van der Waals surface area contributed by atoms with Crippen LogP contribution in [0, 0.1) is 0 Å². The third-order valence-electron chi connectivity index (χ3n) is 2.22. The smallest absolute Gasteiger partial charge is 0.235 e. The molecule has 0 aliphatic heterocycles. The zero-order chi connectivity index (χ0) is 10.8. The summed E-state index contributed by atoms with van der Waals surface area (Å²) in [5, 5.41) is 1.98. The Bertz CT molecular complexity index is 309. The summed E-state index contributed by atoms with van der Waals surface area (Å²) in [6, 6.07) is 0.200. The fraction of sp³-hybridized carbons (Fsp3) is 0.875. The van der Waals surface area contributed by atoms with Gasteiger partial charge >= 0.3 is 0 Å². The Kier molecular flexibility index (Phi) is 3.49. The molecule has 0 aromatic carbocycles. The van der Waals surface area contributed by atoms with E-state index in [4.69, 9.17) is 5.73 Å². The number of rotatable bonds is 5. The van der Waals surface area contributed by atoms with Gasteiger partial charge in [0, 0.05) is 12.6 Å². The molecule has 1 unspecified atom stereocenters. The van der Waals surface area contributed by atoms with Gasteiger partial charge in [-0.1, -0.05) is 0 Å². The van der Waals surface area contributed by atoms with E-state index in [0.717, 1.165) is 12.8 Å². The average molecular weight is 220 g/mol. The van der Waals surface area contributed by atoms with E-state index >= 15 is 0 Å². The van der Waals surface area contributed by atoms with E-state index in [0.29, 0.717) is 0 Å². The molecule has 1 fully saturated rings. The third-order valence-corrected chi connectivity index (χ3v) is 4.30. The summed E-state index contributed by atoms with van der Waals surface area (Å²) in [5.74, 6) is -0.852. The van der Waals surface area contributed by atoms with Crippen LogP contribution in [-0.2, 0) is 14.6 Å². The molecule has 1 atom stereocenters. The van der Waals surface area contributed by atoms with Crippen molar-refractivity contribution in [2.75, 3.05) is 12.3 Å². The molecule has 0 bridgehead atoms. The minimum atomic E-state index is -3.36. The Hall–Kier alpha value is -0.620. The summed E-state index contributed by atoms with van der Waals surface area (Å²) in [6.07, 6.45) is 1.91. The summed E-state index contributed by atoms with van der Waals surface area (Å²) in [6.45, 7) is 1.57. The van der Waals surface area contributed by atoms with Gasteiger partial charge in [-0.25, -0.2) is 8.42 Å². The van der Waals surface area contributed by atoms with Crippen molar-refractivity contribution in [3.63, 3.8) is 0 Å². The van der Waals surface area contributed by atoms with Crippen LogP contribution in [0.1, 0.15) is 19.8 Å². The van der Waals surface area contributed by atoms with Crippen LogP contribution in [0.25, 0.3) is 0 Å². The predicted molar refractivity (Wildman–Crippen MR) is 53.5 cm³/mol. The predicted octanol–water partition coefficient (Wildman–Crippen LogP) is -0.973. The van der Waals surface area contributed by atoms with Crippen LogP contribution in [0.15, 0.2) is 0 Å². The van der Waals surface area contributed by atoms with Gasteiger partial charge in [-0.3, -0.25) is 4.79 Å². The maximum absolute atomic E-state index is 11.4. The van der Waals surface area contributed by atoms with E-state index in [1.165, 1.54) is 6.92 Å². The van der Waals surface area contributed by atoms with E-state index in [2.05, 4.69) is 5.32 Å². The van der Waals surface area contributed by atoms with Crippen LogP contribution in [0.2, 0.25) is 0 Å². The summed E-state index contributed by atoms with van der Waals surface area (Å²) in [5.41, 5.74) is 5.24. The zero-order valence-electron chi connectivity index (χ0n) is 8.19. The monoisotopic (exact) mass is 220 g/mol. The van der Waals surface area contributed by atoms with E-state index < -0.39 is 26.7 Å². The first-order valence-corrected chi connectivity index (χ1v) is 6.38. The fourth-order valence-electron chi connectivity index (χ4n) is 0.969. The molecule has 1 aliphatic carbocycles. The van der Waals surface area contributed by atoms with Gasteiger partial charge in [0.1, 0.15) is 5.75 Å². The second-order valence-electron chi connectivity index (χ2n) is 3.70. The van der Waals surface area contributed by atoms with Gasteiger partial charge in [0.05, 0.1) is 5.25 Å². The van der Waals surface area contributed by atoms with E-state index in [-0.39, 0.29) is 12.6 Å². The number of nitrogens with two attached hydrogens (primary N) is 1. The van der Waals surface area contributed by atoms with Crippen LogP contribution >= 0.6 is 0 Å². The molecule has 1 aliphatic rings. The highest BCUT2D eigenvalue weighted by atomic mass is 32.2. The highest BCUT2D eigenvalue weighted by Crippen LogP contribution is 2.18. The molecular weight excluding hydrogens is 204 g/mol. The molecule has 0 spiro atoms. The van der Waals surface area contributed by atoms with E-state index in [1.54, 1.807) is 0 Å². The lowest BCUT2D eigenvalue weighted by Crippen LogP contribution is -2.37. The summed E-state index contributed by atoms with van der Waals surface area (Å²) >= 11 is 0. The summed E-state index contributed by atoms with van der Waals surface area (Å²) in [4.78, 5) is 11.2. The third kappa shape index (κ3) is 3.26. The van der Waals surface area contributed by atoms with Crippen LogP contribution < -0.4 is 11.1 Å². The van der Waals surface area contributed by atoms with Gasteiger partial charge in [0.15, 0.2) is 9.84 Å². The second-order valence-corrected chi connectivity index (χ2v) is 6.11. The molecule has 0 aromatic rings. The highest BCUT2D eigenvalue weighted by molar-refractivity contribution is 7.92. The number of amides is 1. The first-order chi connectivity index (χ1) is 6.45. The summed E-state index contributed by atoms with van der Waals surface area (Å²) in [7, 11) is -3.36. The number of nitrogens with one attached hydrogen (secondary N) is 1. The molecule has 1 rings (SSSR count). The molecule has 0 heterocycles. The van der Waals surface area contributed by atoms with Gasteiger partial charge in [0.2, 0.25) is 5.91 Å². The molecule has 82 valence electrons. The van der Waals surface area contributed by atoms with Gasteiger partial charge in [0.25, 0.3) is 0 Å². The van der Waals surface area contributed by atoms with E-state index in [1.807, 2.05) is 0 Å². The van der Waals surface area contributed by atoms with Crippen molar-refractivity contribution in [1.82, 2.24) is 5.32 Å². The largest absolute Gasteiger partial charge is 0.352 e. The average Bonchev–Trinajstić information content (AvgIpc) is 2.85. The van der Waals surface area contributed by atoms with Crippen molar-refractivity contribution in [3.8, 4) is 0 Å². The Balaban J connectivity index is 2.44.